The van der Waals surface area contributed by atoms with E-state index in [0.717, 1.165) is 0 Å². The molecule has 0 spiro atoms. The molecule has 0 unspecified atom stereocenters. The highest BCUT2D eigenvalue weighted by molar-refractivity contribution is 5.65. The van der Waals surface area contributed by atoms with Crippen molar-refractivity contribution in [2.24, 2.45) is 0 Å². The molecule has 0 fully saturated rings. The van der Waals surface area contributed by atoms with Crippen LogP contribution in [-0.4, -0.2) is 35.8 Å². The minimum absolute atomic E-state index is 0.0102. The highest BCUT2D eigenvalue weighted by Crippen LogP contribution is 2.31. The Morgan fingerprint density at radius 3 is 2.89 bits per heavy atom. The van der Waals surface area contributed by atoms with E-state index in [1.54, 1.807) is 0 Å². The van der Waals surface area contributed by atoms with Crippen LogP contribution >= 0.6 is 0 Å². The largest absolute Gasteiger partial charge is 0.508 e. The minimum atomic E-state index is -0.0665. The van der Waals surface area contributed by atoms with Crippen LogP contribution in [0.15, 0.2) is 28.9 Å². The molecule has 8 nitrogen and oxygen atoms in total. The summed E-state index contributed by atoms with van der Waals surface area (Å²) in [5, 5.41) is 32.6. The van der Waals surface area contributed by atoms with Gasteiger partial charge in [0.25, 0.3) is 5.89 Å². The van der Waals surface area contributed by atoms with E-state index in [0.29, 0.717) is 5.69 Å². The predicted molar refractivity (Wildman–Crippen MR) is 58.4 cm³/mol. The van der Waals surface area contributed by atoms with E-state index in [1.165, 1.54) is 24.4 Å². The zero-order valence-electron chi connectivity index (χ0n) is 8.90. The first-order chi connectivity index (χ1) is 8.74. The van der Waals surface area contributed by atoms with Gasteiger partial charge in [0.05, 0.1) is 11.8 Å². The number of phenols is 2. The van der Waals surface area contributed by atoms with Crippen molar-refractivity contribution in [1.82, 2.24) is 25.6 Å². The van der Waals surface area contributed by atoms with Crippen LogP contribution in [-0.2, 0) is 0 Å². The first-order valence-electron chi connectivity index (χ1n) is 4.96. The third-order valence-corrected chi connectivity index (χ3v) is 2.28. The van der Waals surface area contributed by atoms with Crippen molar-refractivity contribution in [2.75, 3.05) is 0 Å². The zero-order valence-corrected chi connectivity index (χ0v) is 8.90. The lowest BCUT2D eigenvalue weighted by Crippen LogP contribution is -1.82. The highest BCUT2D eigenvalue weighted by atomic mass is 16.5. The number of nitrogens with zero attached hydrogens (tertiary/aromatic N) is 4. The lowest BCUT2D eigenvalue weighted by Gasteiger charge is -1.99. The van der Waals surface area contributed by atoms with Crippen molar-refractivity contribution in [2.45, 2.75) is 0 Å². The first kappa shape index (κ1) is 10.3. The average molecular weight is 245 g/mol. The molecule has 0 amide bonds. The van der Waals surface area contributed by atoms with E-state index in [1.807, 2.05) is 0 Å². The number of aromatic amines is 1. The van der Waals surface area contributed by atoms with Gasteiger partial charge in [-0.05, 0) is 18.2 Å². The molecule has 0 atom stereocenters. The van der Waals surface area contributed by atoms with Crippen LogP contribution in [0.5, 0.6) is 11.5 Å². The third-order valence-electron chi connectivity index (χ3n) is 2.28. The maximum Gasteiger partial charge on any atom is 0.262 e. The quantitative estimate of drug-likeness (QED) is 0.574. The molecule has 90 valence electrons. The number of hydrogen-bond donors (Lipinski definition) is 3. The molecule has 0 saturated carbocycles. The normalized spacial score (nSPS) is 10.7. The fourth-order valence-electron chi connectivity index (χ4n) is 1.44. The summed E-state index contributed by atoms with van der Waals surface area (Å²) in [5.74, 6) is 0.245. The Balaban J connectivity index is 2.05. The minimum Gasteiger partial charge on any atom is -0.508 e. The van der Waals surface area contributed by atoms with Crippen molar-refractivity contribution < 1.29 is 14.7 Å². The molecule has 0 radical (unpaired) electrons. The van der Waals surface area contributed by atoms with Crippen molar-refractivity contribution in [3.05, 3.63) is 24.4 Å². The molecule has 0 saturated heterocycles. The highest BCUT2D eigenvalue weighted by Gasteiger charge is 2.15. The summed E-state index contributed by atoms with van der Waals surface area (Å²) in [6, 6.07) is 4.02. The zero-order chi connectivity index (χ0) is 12.5. The molecular formula is C10H7N5O3. The molecule has 3 rings (SSSR count). The van der Waals surface area contributed by atoms with Crippen LogP contribution in [0.3, 0.4) is 0 Å². The smallest absolute Gasteiger partial charge is 0.262 e. The van der Waals surface area contributed by atoms with Gasteiger partial charge in [-0.3, -0.25) is 0 Å². The molecule has 2 aromatic heterocycles. The van der Waals surface area contributed by atoms with Gasteiger partial charge >= 0.3 is 0 Å². The topological polar surface area (TPSA) is 121 Å². The summed E-state index contributed by atoms with van der Waals surface area (Å²) in [7, 11) is 0. The summed E-state index contributed by atoms with van der Waals surface area (Å²) in [6.45, 7) is 0. The number of aromatic nitrogens is 5. The van der Waals surface area contributed by atoms with Gasteiger partial charge in [0.15, 0.2) is 5.69 Å². The summed E-state index contributed by atoms with van der Waals surface area (Å²) in [4.78, 5) is 4.05. The molecule has 1 aromatic carbocycles. The van der Waals surface area contributed by atoms with Crippen LogP contribution in [0.25, 0.3) is 23.0 Å². The standard InChI is InChI=1S/C10H7N5O3/c16-5-1-2-8(17)6(3-5)10-12-9(14-18-10)7-4-11-15-13-7/h1-4,16-17H,(H,11,13,15). The first-order valence-corrected chi connectivity index (χ1v) is 4.96. The Kier molecular flexibility index (Phi) is 2.19. The number of nitrogens with one attached hydrogen (secondary N) is 1. The lowest BCUT2D eigenvalue weighted by atomic mass is 10.2. The summed E-state index contributed by atoms with van der Waals surface area (Å²) in [5.41, 5.74) is 0.668. The second-order valence-corrected chi connectivity index (χ2v) is 3.48. The molecule has 2 heterocycles. The Morgan fingerprint density at radius 2 is 2.11 bits per heavy atom. The Labute approximate surface area is 99.9 Å². The van der Waals surface area contributed by atoms with Gasteiger partial charge in [-0.25, -0.2) is 0 Å². The monoisotopic (exact) mass is 245 g/mol. The molecule has 3 aromatic rings. The lowest BCUT2D eigenvalue weighted by molar-refractivity contribution is 0.423. The van der Waals surface area contributed by atoms with Gasteiger partial charge in [0, 0.05) is 0 Å². The van der Waals surface area contributed by atoms with Crippen molar-refractivity contribution in [3.8, 4) is 34.5 Å². The fourth-order valence-corrected chi connectivity index (χ4v) is 1.44. The summed E-state index contributed by atoms with van der Waals surface area (Å²) in [6.07, 6.45) is 1.44. The molecule has 0 aliphatic heterocycles. The van der Waals surface area contributed by atoms with Crippen LogP contribution in [0.1, 0.15) is 0 Å². The third kappa shape index (κ3) is 1.65. The fraction of sp³-hybridized carbons (Fsp3) is 0. The number of aromatic hydroxyl groups is 2. The second kappa shape index (κ2) is 3.84. The van der Waals surface area contributed by atoms with E-state index in [2.05, 4.69) is 25.6 Å². The summed E-state index contributed by atoms with van der Waals surface area (Å²) >= 11 is 0. The summed E-state index contributed by atoms with van der Waals surface area (Å²) < 4.78 is 5.00. The number of H-pyrrole nitrogens is 1. The number of benzene rings is 1. The van der Waals surface area contributed by atoms with Crippen LogP contribution in [0, 0.1) is 0 Å². The predicted octanol–water partition coefficient (Wildman–Crippen LogP) is 0.933. The van der Waals surface area contributed by atoms with Crippen molar-refractivity contribution in [3.63, 3.8) is 0 Å². The molecule has 0 aliphatic rings. The van der Waals surface area contributed by atoms with E-state index in [4.69, 9.17) is 4.52 Å². The van der Waals surface area contributed by atoms with Gasteiger partial charge in [0.1, 0.15) is 11.5 Å². The Bertz CT molecular complexity index is 677. The number of hydrogen-bond acceptors (Lipinski definition) is 7. The maximum absolute atomic E-state index is 9.66. The van der Waals surface area contributed by atoms with Gasteiger partial charge in [-0.2, -0.15) is 20.4 Å². The van der Waals surface area contributed by atoms with Crippen molar-refractivity contribution in [1.29, 1.82) is 0 Å². The number of phenolic OH excluding ortho intramolecular Hbond substituents is 2. The molecule has 18 heavy (non-hydrogen) atoms. The van der Waals surface area contributed by atoms with E-state index in [-0.39, 0.29) is 28.8 Å². The van der Waals surface area contributed by atoms with Gasteiger partial charge in [-0.1, -0.05) is 5.16 Å². The van der Waals surface area contributed by atoms with Gasteiger partial charge < -0.3 is 14.7 Å². The van der Waals surface area contributed by atoms with E-state index < -0.39 is 0 Å². The van der Waals surface area contributed by atoms with Crippen LogP contribution in [0.4, 0.5) is 0 Å². The molecule has 0 aliphatic carbocycles. The SMILES string of the molecule is Oc1ccc(O)c(-c2nc(-c3cn[nH]n3)no2)c1. The molecule has 3 N–H and O–H groups in total. The van der Waals surface area contributed by atoms with Gasteiger partial charge in [0.2, 0.25) is 5.82 Å². The van der Waals surface area contributed by atoms with E-state index in [9.17, 15) is 10.2 Å². The Hall–Kier alpha value is -2.90. The van der Waals surface area contributed by atoms with Crippen LogP contribution < -0.4 is 0 Å². The molecule has 0 bridgehead atoms. The van der Waals surface area contributed by atoms with Crippen molar-refractivity contribution >= 4 is 0 Å². The van der Waals surface area contributed by atoms with Gasteiger partial charge in [-0.15, -0.1) is 0 Å². The molecule has 8 heteroatoms. The molecular weight excluding hydrogens is 238 g/mol. The van der Waals surface area contributed by atoms with E-state index >= 15 is 0 Å². The second-order valence-electron chi connectivity index (χ2n) is 3.48. The average Bonchev–Trinajstić information content (AvgIpc) is 3.00. The Morgan fingerprint density at radius 1 is 1.22 bits per heavy atom. The number of rotatable bonds is 2. The maximum atomic E-state index is 9.66. The van der Waals surface area contributed by atoms with Crippen LogP contribution in [0.2, 0.25) is 0 Å².